The van der Waals surface area contributed by atoms with Crippen LogP contribution in [0.15, 0.2) is 36.8 Å². The second-order valence-corrected chi connectivity index (χ2v) is 3.95. The number of nitrogens with zero attached hydrogens (tertiary/aromatic N) is 2. The molecular weight excluding hydrogens is 224 g/mol. The zero-order chi connectivity index (χ0) is 11.5. The molecule has 1 aromatic carbocycles. The molecule has 1 unspecified atom stereocenters. The first kappa shape index (κ1) is 11.0. The van der Waals surface area contributed by atoms with E-state index in [-0.39, 0.29) is 0 Å². The molecule has 0 aliphatic carbocycles. The lowest BCUT2D eigenvalue weighted by molar-refractivity contribution is 0.215. The van der Waals surface area contributed by atoms with Crippen LogP contribution in [-0.4, -0.2) is 15.1 Å². The predicted octanol–water partition coefficient (Wildman–Crippen LogP) is 2.52. The van der Waals surface area contributed by atoms with Crippen LogP contribution in [0.2, 0.25) is 5.02 Å². The van der Waals surface area contributed by atoms with Gasteiger partial charge in [0.05, 0.1) is 11.9 Å². The van der Waals surface area contributed by atoms with E-state index in [1.807, 2.05) is 19.1 Å². The van der Waals surface area contributed by atoms with Crippen molar-refractivity contribution in [1.82, 2.24) is 9.97 Å². The molecule has 0 saturated heterocycles. The fourth-order valence-corrected chi connectivity index (χ4v) is 1.59. The zero-order valence-corrected chi connectivity index (χ0v) is 9.52. The standard InChI is InChI=1S/C12H11ClN2O/c1-8-2-3-9(6-10(8)13)12(16)11-7-14-4-5-15-11/h2-7,12,16H,1H3. The highest BCUT2D eigenvalue weighted by molar-refractivity contribution is 6.31. The van der Waals surface area contributed by atoms with Crippen molar-refractivity contribution in [2.75, 3.05) is 0 Å². The van der Waals surface area contributed by atoms with E-state index >= 15 is 0 Å². The van der Waals surface area contributed by atoms with Crippen LogP contribution >= 0.6 is 11.6 Å². The Bertz CT molecular complexity index is 488. The monoisotopic (exact) mass is 234 g/mol. The minimum absolute atomic E-state index is 0.516. The summed E-state index contributed by atoms with van der Waals surface area (Å²) >= 11 is 6.00. The molecule has 1 heterocycles. The Kier molecular flexibility index (Phi) is 3.17. The van der Waals surface area contributed by atoms with Gasteiger partial charge in [-0.2, -0.15) is 0 Å². The van der Waals surface area contributed by atoms with E-state index in [0.29, 0.717) is 10.7 Å². The Labute approximate surface area is 98.8 Å². The summed E-state index contributed by atoms with van der Waals surface area (Å²) in [4.78, 5) is 7.97. The average molecular weight is 235 g/mol. The summed E-state index contributed by atoms with van der Waals surface area (Å²) in [5.74, 6) is 0. The molecule has 0 amide bonds. The summed E-state index contributed by atoms with van der Waals surface area (Å²) in [6.45, 7) is 1.92. The van der Waals surface area contributed by atoms with Crippen molar-refractivity contribution in [3.8, 4) is 0 Å². The normalized spacial score (nSPS) is 12.4. The van der Waals surface area contributed by atoms with Crippen molar-refractivity contribution in [1.29, 1.82) is 0 Å². The third-order valence-electron chi connectivity index (χ3n) is 2.37. The van der Waals surface area contributed by atoms with E-state index in [4.69, 9.17) is 11.6 Å². The first-order valence-corrected chi connectivity index (χ1v) is 5.26. The SMILES string of the molecule is Cc1ccc(C(O)c2cnccn2)cc1Cl. The number of aromatic nitrogens is 2. The molecule has 4 heteroatoms. The highest BCUT2D eigenvalue weighted by Crippen LogP contribution is 2.24. The maximum Gasteiger partial charge on any atom is 0.123 e. The van der Waals surface area contributed by atoms with Crippen molar-refractivity contribution in [3.63, 3.8) is 0 Å². The van der Waals surface area contributed by atoms with Crippen molar-refractivity contribution in [2.45, 2.75) is 13.0 Å². The van der Waals surface area contributed by atoms with E-state index in [1.165, 1.54) is 0 Å². The van der Waals surface area contributed by atoms with Gasteiger partial charge in [0.1, 0.15) is 6.10 Å². The van der Waals surface area contributed by atoms with Crippen molar-refractivity contribution < 1.29 is 5.11 Å². The third-order valence-corrected chi connectivity index (χ3v) is 2.78. The molecule has 2 rings (SSSR count). The molecule has 0 radical (unpaired) electrons. The topological polar surface area (TPSA) is 46.0 Å². The summed E-state index contributed by atoms with van der Waals surface area (Å²) in [5, 5.41) is 10.7. The Morgan fingerprint density at radius 2 is 2.12 bits per heavy atom. The van der Waals surface area contributed by atoms with Gasteiger partial charge in [-0.25, -0.2) is 0 Å². The van der Waals surface area contributed by atoms with Crippen LogP contribution in [0.4, 0.5) is 0 Å². The van der Waals surface area contributed by atoms with Crippen LogP contribution in [0, 0.1) is 6.92 Å². The van der Waals surface area contributed by atoms with Gasteiger partial charge in [-0.1, -0.05) is 23.7 Å². The lowest BCUT2D eigenvalue weighted by Gasteiger charge is -2.10. The van der Waals surface area contributed by atoms with Crippen LogP contribution in [0.1, 0.15) is 22.9 Å². The maximum atomic E-state index is 10.0. The summed E-state index contributed by atoms with van der Waals surface area (Å²) in [6, 6.07) is 5.45. The molecule has 0 aliphatic rings. The Balaban J connectivity index is 2.34. The second kappa shape index (κ2) is 4.60. The molecule has 0 spiro atoms. The largest absolute Gasteiger partial charge is 0.382 e. The minimum atomic E-state index is -0.785. The van der Waals surface area contributed by atoms with Gasteiger partial charge in [0.2, 0.25) is 0 Å². The first-order valence-electron chi connectivity index (χ1n) is 4.88. The number of hydrogen-bond acceptors (Lipinski definition) is 3. The van der Waals surface area contributed by atoms with Gasteiger partial charge in [0.15, 0.2) is 0 Å². The lowest BCUT2D eigenvalue weighted by atomic mass is 10.1. The molecule has 1 aromatic heterocycles. The van der Waals surface area contributed by atoms with Crippen molar-refractivity contribution >= 4 is 11.6 Å². The fourth-order valence-electron chi connectivity index (χ4n) is 1.40. The molecule has 0 bridgehead atoms. The summed E-state index contributed by atoms with van der Waals surface area (Å²) in [5.41, 5.74) is 2.22. The Morgan fingerprint density at radius 1 is 1.31 bits per heavy atom. The average Bonchev–Trinajstić information content (AvgIpc) is 2.33. The molecule has 16 heavy (non-hydrogen) atoms. The van der Waals surface area contributed by atoms with Gasteiger partial charge in [-0.15, -0.1) is 0 Å². The minimum Gasteiger partial charge on any atom is -0.382 e. The lowest BCUT2D eigenvalue weighted by Crippen LogP contribution is -2.02. The van der Waals surface area contributed by atoms with Gasteiger partial charge in [-0.05, 0) is 24.1 Å². The zero-order valence-electron chi connectivity index (χ0n) is 8.76. The van der Waals surface area contributed by atoms with Gasteiger partial charge in [-0.3, -0.25) is 9.97 Å². The van der Waals surface area contributed by atoms with E-state index in [1.54, 1.807) is 24.7 Å². The molecule has 3 nitrogen and oxygen atoms in total. The number of benzene rings is 1. The van der Waals surface area contributed by atoms with E-state index < -0.39 is 6.10 Å². The van der Waals surface area contributed by atoms with E-state index in [0.717, 1.165) is 11.1 Å². The highest BCUT2D eigenvalue weighted by Gasteiger charge is 2.12. The molecule has 0 aliphatic heterocycles. The molecular formula is C12H11ClN2O. The molecule has 0 saturated carbocycles. The van der Waals surface area contributed by atoms with Gasteiger partial charge >= 0.3 is 0 Å². The molecule has 1 atom stereocenters. The van der Waals surface area contributed by atoms with E-state index in [9.17, 15) is 5.11 Å². The first-order chi connectivity index (χ1) is 7.68. The Morgan fingerprint density at radius 3 is 2.75 bits per heavy atom. The molecule has 1 N–H and O–H groups in total. The summed E-state index contributed by atoms with van der Waals surface area (Å²) in [7, 11) is 0. The number of halogens is 1. The quantitative estimate of drug-likeness (QED) is 0.869. The maximum absolute atomic E-state index is 10.0. The third kappa shape index (κ3) is 2.21. The van der Waals surface area contributed by atoms with Crippen molar-refractivity contribution in [2.24, 2.45) is 0 Å². The van der Waals surface area contributed by atoms with Crippen molar-refractivity contribution in [3.05, 3.63) is 58.6 Å². The number of rotatable bonds is 2. The Hall–Kier alpha value is -1.45. The van der Waals surface area contributed by atoms with Crippen LogP contribution < -0.4 is 0 Å². The van der Waals surface area contributed by atoms with Gasteiger partial charge in [0.25, 0.3) is 0 Å². The molecule has 0 fully saturated rings. The van der Waals surface area contributed by atoms with Crippen LogP contribution in [0.5, 0.6) is 0 Å². The number of hydrogen-bond donors (Lipinski definition) is 1. The highest BCUT2D eigenvalue weighted by atomic mass is 35.5. The second-order valence-electron chi connectivity index (χ2n) is 3.54. The number of aliphatic hydroxyl groups is 1. The summed E-state index contributed by atoms with van der Waals surface area (Å²) in [6.07, 6.45) is 3.87. The van der Waals surface area contributed by atoms with E-state index in [2.05, 4.69) is 9.97 Å². The summed E-state index contributed by atoms with van der Waals surface area (Å²) < 4.78 is 0. The molecule has 82 valence electrons. The number of aryl methyl sites for hydroxylation is 1. The van der Waals surface area contributed by atoms with Crippen LogP contribution in [0.3, 0.4) is 0 Å². The van der Waals surface area contributed by atoms with Crippen LogP contribution in [-0.2, 0) is 0 Å². The predicted molar refractivity (Wildman–Crippen MR) is 62.3 cm³/mol. The van der Waals surface area contributed by atoms with Gasteiger partial charge < -0.3 is 5.11 Å². The van der Waals surface area contributed by atoms with Crippen LogP contribution in [0.25, 0.3) is 0 Å². The fraction of sp³-hybridized carbons (Fsp3) is 0.167. The number of aliphatic hydroxyl groups excluding tert-OH is 1. The smallest absolute Gasteiger partial charge is 0.123 e. The molecule has 2 aromatic rings. The van der Waals surface area contributed by atoms with Gasteiger partial charge in [0, 0.05) is 17.4 Å².